The second-order valence-corrected chi connectivity index (χ2v) is 11.0. The highest BCUT2D eigenvalue weighted by atomic mass is 19.1. The lowest BCUT2D eigenvalue weighted by Crippen LogP contribution is -2.24. The van der Waals surface area contributed by atoms with Gasteiger partial charge >= 0.3 is 0 Å². The average molecular weight is 606 g/mol. The van der Waals surface area contributed by atoms with Crippen LogP contribution in [0.25, 0.3) is 22.3 Å². The average Bonchev–Trinajstić information content (AvgIpc) is 3.68. The predicted octanol–water partition coefficient (Wildman–Crippen LogP) is 7.68. The van der Waals surface area contributed by atoms with Gasteiger partial charge in [0, 0.05) is 36.8 Å². The van der Waals surface area contributed by atoms with Crippen LogP contribution < -0.4 is 14.4 Å². The number of pyridine rings is 1. The number of imidazole rings is 1. The van der Waals surface area contributed by atoms with Gasteiger partial charge in [-0.1, -0.05) is 36.3 Å². The van der Waals surface area contributed by atoms with Gasteiger partial charge in [0.05, 0.1) is 26.3 Å². The molecule has 0 radical (unpaired) electrons. The first-order valence-electron chi connectivity index (χ1n) is 15.0. The van der Waals surface area contributed by atoms with Crippen LogP contribution in [0, 0.1) is 19.7 Å². The molecule has 0 aliphatic rings. The van der Waals surface area contributed by atoms with E-state index in [-0.39, 0.29) is 5.82 Å². The Hall–Kier alpha value is -5.18. The molecule has 0 aliphatic heterocycles. The third-order valence-corrected chi connectivity index (χ3v) is 8.12. The molecule has 45 heavy (non-hydrogen) atoms. The summed E-state index contributed by atoms with van der Waals surface area (Å²) in [5.74, 6) is 3.77. The highest BCUT2D eigenvalue weighted by Crippen LogP contribution is 2.33. The van der Waals surface area contributed by atoms with Crippen LogP contribution in [0.15, 0.2) is 83.4 Å². The summed E-state index contributed by atoms with van der Waals surface area (Å²) < 4.78 is 32.3. The summed E-state index contributed by atoms with van der Waals surface area (Å²) in [6.45, 7) is 7.93. The second-order valence-electron chi connectivity index (χ2n) is 11.0. The fourth-order valence-corrected chi connectivity index (χ4v) is 5.57. The molecular weight excluding hydrogens is 569 g/mol. The van der Waals surface area contributed by atoms with Gasteiger partial charge in [0.25, 0.3) is 0 Å². The largest absolute Gasteiger partial charge is 0.497 e. The summed E-state index contributed by atoms with van der Waals surface area (Å²) in [5, 5.41) is 4.27. The zero-order valence-electron chi connectivity index (χ0n) is 26.2. The van der Waals surface area contributed by atoms with E-state index in [0.29, 0.717) is 31.1 Å². The molecule has 0 saturated carbocycles. The van der Waals surface area contributed by atoms with E-state index in [4.69, 9.17) is 24.0 Å². The Morgan fingerprint density at radius 3 is 1.98 bits per heavy atom. The fourth-order valence-electron chi connectivity index (χ4n) is 5.57. The number of nitrogens with zero attached hydrogens (tertiary/aromatic N) is 5. The molecule has 9 heteroatoms. The molecule has 230 valence electrons. The Kier molecular flexibility index (Phi) is 8.51. The molecule has 6 aromatic rings. The number of benzene rings is 3. The van der Waals surface area contributed by atoms with Crippen LogP contribution in [0.4, 0.5) is 10.2 Å². The summed E-state index contributed by atoms with van der Waals surface area (Å²) in [7, 11) is 3.34. The first-order valence-corrected chi connectivity index (χ1v) is 15.0. The van der Waals surface area contributed by atoms with E-state index in [0.717, 1.165) is 68.5 Å². The van der Waals surface area contributed by atoms with E-state index >= 15 is 0 Å². The van der Waals surface area contributed by atoms with E-state index in [9.17, 15) is 4.39 Å². The first kappa shape index (κ1) is 29.9. The molecule has 0 unspecified atom stereocenters. The molecule has 0 saturated heterocycles. The van der Waals surface area contributed by atoms with Crippen molar-refractivity contribution in [2.45, 2.75) is 46.8 Å². The minimum absolute atomic E-state index is 0.289. The van der Waals surface area contributed by atoms with Crippen LogP contribution in [0.5, 0.6) is 11.5 Å². The molecule has 0 spiro atoms. The van der Waals surface area contributed by atoms with Crippen molar-refractivity contribution >= 4 is 16.9 Å². The number of hydrogen-bond donors (Lipinski definition) is 0. The number of methoxy groups -OCH3 is 2. The molecule has 3 aromatic carbocycles. The number of hydrogen-bond acceptors (Lipinski definition) is 7. The smallest absolute Gasteiger partial charge is 0.157 e. The topological polar surface area (TPSA) is 78.4 Å². The van der Waals surface area contributed by atoms with Gasteiger partial charge < -0.3 is 23.5 Å². The molecule has 0 aliphatic carbocycles. The molecule has 0 bridgehead atoms. The maximum atomic E-state index is 13.5. The normalized spacial score (nSPS) is 11.2. The standard InChI is InChI=1S/C36H36FN5O3/c1-6-33-39-34-35(42(33)22-31-19-32(40-45-31)27-11-13-28(37)14-12-27)23(2)24(3)38-36(34)41(20-25-7-15-29(43-4)16-8-25)21-26-9-17-30(44-5)18-10-26/h7-19H,6,20-22H2,1-5H3. The van der Waals surface area contributed by atoms with Crippen LogP contribution >= 0.6 is 0 Å². The minimum Gasteiger partial charge on any atom is -0.497 e. The van der Waals surface area contributed by atoms with Gasteiger partial charge in [-0.3, -0.25) is 0 Å². The third-order valence-electron chi connectivity index (χ3n) is 8.12. The van der Waals surface area contributed by atoms with E-state index in [1.54, 1.807) is 26.4 Å². The van der Waals surface area contributed by atoms with Crippen LogP contribution in [-0.2, 0) is 26.1 Å². The number of rotatable bonds is 11. The summed E-state index contributed by atoms with van der Waals surface area (Å²) in [6, 6.07) is 24.4. The fraction of sp³-hybridized carbons (Fsp3) is 0.250. The van der Waals surface area contributed by atoms with Crippen LogP contribution in [0.3, 0.4) is 0 Å². The summed E-state index contributed by atoms with van der Waals surface area (Å²) >= 11 is 0. The third kappa shape index (κ3) is 6.24. The number of aromatic nitrogens is 4. The van der Waals surface area contributed by atoms with Crippen molar-refractivity contribution in [3.63, 3.8) is 0 Å². The lowest BCUT2D eigenvalue weighted by atomic mass is 10.1. The van der Waals surface area contributed by atoms with Crippen LogP contribution in [0.1, 0.15) is 40.9 Å². The molecule has 3 aromatic heterocycles. The van der Waals surface area contributed by atoms with Crippen LogP contribution in [0.2, 0.25) is 0 Å². The van der Waals surface area contributed by atoms with Gasteiger partial charge in [-0.25, -0.2) is 14.4 Å². The molecule has 6 rings (SSSR count). The predicted molar refractivity (Wildman–Crippen MR) is 173 cm³/mol. The maximum absolute atomic E-state index is 13.5. The highest BCUT2D eigenvalue weighted by molar-refractivity contribution is 5.90. The van der Waals surface area contributed by atoms with Crippen molar-refractivity contribution in [1.29, 1.82) is 0 Å². The minimum atomic E-state index is -0.289. The Bertz CT molecular complexity index is 1860. The van der Waals surface area contributed by atoms with Crippen molar-refractivity contribution < 1.29 is 18.4 Å². The summed E-state index contributed by atoms with van der Waals surface area (Å²) in [4.78, 5) is 12.6. The van der Waals surface area contributed by atoms with E-state index < -0.39 is 0 Å². The molecule has 0 fully saturated rings. The Labute approximate surface area is 262 Å². The SMILES string of the molecule is CCc1nc2c(N(Cc3ccc(OC)cc3)Cc3ccc(OC)cc3)nc(C)c(C)c2n1Cc1cc(-c2ccc(F)cc2)no1. The zero-order chi connectivity index (χ0) is 31.5. The number of anilines is 1. The number of halogens is 1. The number of fused-ring (bicyclic) bond motifs is 1. The first-order chi connectivity index (χ1) is 21.9. The molecule has 0 N–H and O–H groups in total. The van der Waals surface area contributed by atoms with E-state index in [2.05, 4.69) is 52.7 Å². The van der Waals surface area contributed by atoms with Gasteiger partial charge in [0.15, 0.2) is 11.6 Å². The Balaban J connectivity index is 1.42. The molecular formula is C36H36FN5O3. The van der Waals surface area contributed by atoms with Crippen molar-refractivity contribution in [3.8, 4) is 22.8 Å². The number of aryl methyl sites for hydroxylation is 3. The van der Waals surface area contributed by atoms with Gasteiger partial charge in [0.1, 0.15) is 34.4 Å². The lowest BCUT2D eigenvalue weighted by Gasteiger charge is -2.26. The number of ether oxygens (including phenoxy) is 2. The quantitative estimate of drug-likeness (QED) is 0.150. The van der Waals surface area contributed by atoms with Crippen molar-refractivity contribution in [2.24, 2.45) is 0 Å². The zero-order valence-corrected chi connectivity index (χ0v) is 26.2. The van der Waals surface area contributed by atoms with Gasteiger partial charge in [0.2, 0.25) is 0 Å². The van der Waals surface area contributed by atoms with Crippen molar-refractivity contribution in [3.05, 3.63) is 119 Å². The van der Waals surface area contributed by atoms with E-state index in [1.165, 1.54) is 12.1 Å². The Morgan fingerprint density at radius 1 is 0.822 bits per heavy atom. The van der Waals surface area contributed by atoms with Gasteiger partial charge in [-0.15, -0.1) is 0 Å². The van der Waals surface area contributed by atoms with Gasteiger partial charge in [-0.2, -0.15) is 0 Å². The summed E-state index contributed by atoms with van der Waals surface area (Å²) in [5.41, 5.74) is 7.56. The van der Waals surface area contributed by atoms with Crippen molar-refractivity contribution in [2.75, 3.05) is 19.1 Å². The van der Waals surface area contributed by atoms with Gasteiger partial charge in [-0.05, 0) is 79.1 Å². The molecule has 0 amide bonds. The van der Waals surface area contributed by atoms with E-state index in [1.807, 2.05) is 37.3 Å². The second kappa shape index (κ2) is 12.8. The van der Waals surface area contributed by atoms with Crippen LogP contribution in [-0.4, -0.2) is 33.9 Å². The Morgan fingerprint density at radius 2 is 1.42 bits per heavy atom. The molecule has 3 heterocycles. The monoisotopic (exact) mass is 605 g/mol. The van der Waals surface area contributed by atoms with Crippen molar-refractivity contribution in [1.82, 2.24) is 19.7 Å². The lowest BCUT2D eigenvalue weighted by molar-refractivity contribution is 0.378. The summed E-state index contributed by atoms with van der Waals surface area (Å²) in [6.07, 6.45) is 0.725. The molecule has 0 atom stereocenters. The molecule has 8 nitrogen and oxygen atoms in total. The highest BCUT2D eigenvalue weighted by Gasteiger charge is 2.23. The maximum Gasteiger partial charge on any atom is 0.157 e.